The molecule has 1 aromatic rings. The van der Waals surface area contributed by atoms with E-state index in [2.05, 4.69) is 5.32 Å². The van der Waals surface area contributed by atoms with Crippen LogP contribution in [0.15, 0.2) is 30.5 Å². The summed E-state index contributed by atoms with van der Waals surface area (Å²) in [5.41, 5.74) is 1.15. The quantitative estimate of drug-likeness (QED) is 0.816. The number of ether oxygens (including phenoxy) is 1. The van der Waals surface area contributed by atoms with E-state index < -0.39 is 17.8 Å². The number of nitrogens with zero attached hydrogens (tertiary/aromatic N) is 1. The van der Waals surface area contributed by atoms with Crippen molar-refractivity contribution in [3.8, 4) is 0 Å². The van der Waals surface area contributed by atoms with Gasteiger partial charge in [-0.3, -0.25) is 4.79 Å². The molecule has 1 unspecified atom stereocenters. The Balaban J connectivity index is 1.85. The number of likely N-dealkylation sites (tertiary alicyclic amines) is 1. The monoisotopic (exact) mass is 360 g/mol. The lowest BCUT2D eigenvalue weighted by Crippen LogP contribution is -2.33. The predicted octanol–water partition coefficient (Wildman–Crippen LogP) is 3.23. The average molecular weight is 360 g/mol. The minimum absolute atomic E-state index is 0.144. The van der Waals surface area contributed by atoms with Gasteiger partial charge in [-0.2, -0.15) is 0 Å². The lowest BCUT2D eigenvalue weighted by molar-refractivity contribution is -0.125. The van der Waals surface area contributed by atoms with E-state index in [1.165, 1.54) is 0 Å². The Labute approximate surface area is 154 Å². The third kappa shape index (κ3) is 6.52. The van der Waals surface area contributed by atoms with Gasteiger partial charge in [-0.05, 0) is 56.9 Å². The van der Waals surface area contributed by atoms with Gasteiger partial charge < -0.3 is 20.1 Å². The van der Waals surface area contributed by atoms with E-state index in [0.717, 1.165) is 24.1 Å². The Morgan fingerprint density at radius 1 is 1.42 bits per heavy atom. The summed E-state index contributed by atoms with van der Waals surface area (Å²) >= 11 is 0. The predicted molar refractivity (Wildman–Crippen MR) is 100 cm³/mol. The third-order valence-electron chi connectivity index (χ3n) is 3.94. The smallest absolute Gasteiger partial charge is 0.407 e. The molecule has 2 N–H and O–H groups in total. The van der Waals surface area contributed by atoms with Crippen LogP contribution in [0.25, 0.3) is 6.08 Å². The number of carbonyl (C=O) groups is 2. The van der Waals surface area contributed by atoms with Crippen molar-refractivity contribution >= 4 is 18.1 Å². The fraction of sp³-hybridized carbons (Fsp3) is 0.500. The molecule has 0 bridgehead atoms. The molecule has 6 heteroatoms. The standard InChI is InChI=1S/C20H28N2O4/c1-20(2,3)26-19(25)21-11-9-17(23)16-7-4-6-15(14-16)10-13-22-12-5-8-18(22)24/h4,6-7,10,13-14,17,23H,5,8-9,11-12H2,1-3H3,(H,21,25)/b13-10+. The fourth-order valence-corrected chi connectivity index (χ4v) is 2.66. The highest BCUT2D eigenvalue weighted by atomic mass is 16.6. The number of hydrogen-bond donors (Lipinski definition) is 2. The summed E-state index contributed by atoms with van der Waals surface area (Å²) in [5.74, 6) is 0.144. The van der Waals surface area contributed by atoms with Gasteiger partial charge in [0.05, 0.1) is 6.10 Å². The number of aliphatic hydroxyl groups is 1. The van der Waals surface area contributed by atoms with Gasteiger partial charge in [0.1, 0.15) is 5.60 Å². The van der Waals surface area contributed by atoms with Gasteiger partial charge in [-0.1, -0.05) is 18.2 Å². The van der Waals surface area contributed by atoms with Gasteiger partial charge in [0.15, 0.2) is 0 Å². The Morgan fingerprint density at radius 2 is 2.19 bits per heavy atom. The van der Waals surface area contributed by atoms with Crippen molar-refractivity contribution in [1.29, 1.82) is 0 Å². The van der Waals surface area contributed by atoms with E-state index >= 15 is 0 Å². The fourth-order valence-electron chi connectivity index (χ4n) is 2.66. The first kappa shape index (κ1) is 20.0. The molecule has 0 aliphatic carbocycles. The molecule has 1 saturated heterocycles. The summed E-state index contributed by atoms with van der Waals surface area (Å²) in [6.45, 7) is 6.48. The lowest BCUT2D eigenvalue weighted by atomic mass is 10.0. The van der Waals surface area contributed by atoms with Crippen LogP contribution in [0.3, 0.4) is 0 Å². The van der Waals surface area contributed by atoms with Crippen LogP contribution in [-0.2, 0) is 9.53 Å². The maximum Gasteiger partial charge on any atom is 0.407 e. The molecule has 6 nitrogen and oxygen atoms in total. The van der Waals surface area contributed by atoms with Crippen LogP contribution >= 0.6 is 0 Å². The second-order valence-electron chi connectivity index (χ2n) is 7.41. The number of rotatable bonds is 6. The minimum Gasteiger partial charge on any atom is -0.444 e. The molecule has 26 heavy (non-hydrogen) atoms. The Morgan fingerprint density at radius 3 is 2.85 bits per heavy atom. The zero-order valence-corrected chi connectivity index (χ0v) is 15.7. The number of benzene rings is 1. The number of hydrogen-bond acceptors (Lipinski definition) is 4. The summed E-state index contributed by atoms with van der Waals surface area (Å²) in [6, 6.07) is 7.52. The maximum absolute atomic E-state index is 11.6. The molecule has 2 rings (SSSR count). The molecule has 142 valence electrons. The minimum atomic E-state index is -0.688. The van der Waals surface area contributed by atoms with Crippen molar-refractivity contribution in [2.45, 2.75) is 51.7 Å². The van der Waals surface area contributed by atoms with Gasteiger partial charge in [0, 0.05) is 25.7 Å². The normalized spacial score (nSPS) is 16.2. The van der Waals surface area contributed by atoms with Crippen LogP contribution < -0.4 is 5.32 Å². The molecule has 1 heterocycles. The van der Waals surface area contributed by atoms with E-state index in [-0.39, 0.29) is 5.91 Å². The lowest BCUT2D eigenvalue weighted by Gasteiger charge is -2.20. The third-order valence-corrected chi connectivity index (χ3v) is 3.94. The zero-order chi connectivity index (χ0) is 19.2. The van der Waals surface area contributed by atoms with Crippen LogP contribution in [0.1, 0.15) is 57.3 Å². The average Bonchev–Trinajstić information content (AvgIpc) is 2.96. The van der Waals surface area contributed by atoms with Crippen molar-refractivity contribution in [2.24, 2.45) is 0 Å². The number of aliphatic hydroxyl groups excluding tert-OH is 1. The Kier molecular flexibility index (Phi) is 6.80. The largest absolute Gasteiger partial charge is 0.444 e. The van der Waals surface area contributed by atoms with Crippen molar-refractivity contribution < 1.29 is 19.4 Å². The molecule has 0 radical (unpaired) electrons. The van der Waals surface area contributed by atoms with Crippen molar-refractivity contribution in [3.05, 3.63) is 41.6 Å². The first-order chi connectivity index (χ1) is 12.2. The number of nitrogens with one attached hydrogen (secondary N) is 1. The van der Waals surface area contributed by atoms with Gasteiger partial charge in [-0.25, -0.2) is 4.79 Å². The molecule has 1 fully saturated rings. The van der Waals surface area contributed by atoms with Crippen molar-refractivity contribution in [1.82, 2.24) is 10.2 Å². The molecule has 1 atom stereocenters. The van der Waals surface area contributed by atoms with Crippen LogP contribution in [0.4, 0.5) is 4.79 Å². The van der Waals surface area contributed by atoms with Gasteiger partial charge in [-0.15, -0.1) is 0 Å². The molecule has 0 spiro atoms. The van der Waals surface area contributed by atoms with Gasteiger partial charge in [0.2, 0.25) is 5.91 Å². The van der Waals surface area contributed by atoms with E-state index in [1.807, 2.05) is 30.3 Å². The first-order valence-corrected chi connectivity index (χ1v) is 8.97. The van der Waals surface area contributed by atoms with E-state index in [4.69, 9.17) is 4.74 Å². The molecule has 1 aliphatic rings. The summed E-state index contributed by atoms with van der Waals surface area (Å²) in [5, 5.41) is 13.0. The van der Waals surface area contributed by atoms with Crippen LogP contribution in [-0.4, -0.2) is 40.7 Å². The number of amides is 2. The summed E-state index contributed by atoms with van der Waals surface area (Å²) in [7, 11) is 0. The highest BCUT2D eigenvalue weighted by Gasteiger charge is 2.18. The van der Waals surface area contributed by atoms with E-state index in [1.54, 1.807) is 31.9 Å². The van der Waals surface area contributed by atoms with Crippen molar-refractivity contribution in [2.75, 3.05) is 13.1 Å². The highest BCUT2D eigenvalue weighted by molar-refractivity contribution is 5.79. The first-order valence-electron chi connectivity index (χ1n) is 8.97. The van der Waals surface area contributed by atoms with Crippen LogP contribution in [0.5, 0.6) is 0 Å². The Hall–Kier alpha value is -2.34. The molecule has 0 aromatic heterocycles. The SMILES string of the molecule is CC(C)(C)OC(=O)NCCC(O)c1cccc(/C=C/N2CCCC2=O)c1. The summed E-state index contributed by atoms with van der Waals surface area (Å²) in [4.78, 5) is 24.9. The van der Waals surface area contributed by atoms with Gasteiger partial charge in [0.25, 0.3) is 0 Å². The Bertz CT molecular complexity index is 664. The highest BCUT2D eigenvalue weighted by Crippen LogP contribution is 2.19. The molecular formula is C20H28N2O4. The molecular weight excluding hydrogens is 332 g/mol. The van der Waals surface area contributed by atoms with Crippen molar-refractivity contribution in [3.63, 3.8) is 0 Å². The second kappa shape index (κ2) is 8.85. The summed E-state index contributed by atoms with van der Waals surface area (Å²) < 4.78 is 5.16. The summed E-state index contributed by atoms with van der Waals surface area (Å²) in [6.07, 6.45) is 4.38. The molecule has 0 saturated carbocycles. The van der Waals surface area contributed by atoms with E-state index in [0.29, 0.717) is 19.4 Å². The van der Waals surface area contributed by atoms with Crippen LogP contribution in [0, 0.1) is 0 Å². The van der Waals surface area contributed by atoms with Crippen LogP contribution in [0.2, 0.25) is 0 Å². The number of carbonyl (C=O) groups excluding carboxylic acids is 2. The topological polar surface area (TPSA) is 78.9 Å². The van der Waals surface area contributed by atoms with Gasteiger partial charge >= 0.3 is 6.09 Å². The maximum atomic E-state index is 11.6. The second-order valence-corrected chi connectivity index (χ2v) is 7.41. The molecule has 1 aromatic carbocycles. The van der Waals surface area contributed by atoms with E-state index in [9.17, 15) is 14.7 Å². The molecule has 2 amide bonds. The number of alkyl carbamates (subject to hydrolysis) is 1. The molecule has 1 aliphatic heterocycles. The zero-order valence-electron chi connectivity index (χ0n) is 15.7.